The zero-order valence-electron chi connectivity index (χ0n) is 10.5. The molecule has 6 nitrogen and oxygen atoms in total. The van der Waals surface area contributed by atoms with E-state index in [2.05, 4.69) is 10.6 Å². The number of benzene rings is 1. The normalized spacial score (nSPS) is 15.8. The Kier molecular flexibility index (Phi) is 3.77. The van der Waals surface area contributed by atoms with Crippen LogP contribution in [0.15, 0.2) is 23.1 Å². The van der Waals surface area contributed by atoms with E-state index in [0.717, 1.165) is 19.3 Å². The van der Waals surface area contributed by atoms with Gasteiger partial charge in [0.1, 0.15) is 5.75 Å². The molecule has 0 spiro atoms. The van der Waals surface area contributed by atoms with Crippen LogP contribution in [0.25, 0.3) is 0 Å². The van der Waals surface area contributed by atoms with Gasteiger partial charge in [0, 0.05) is 12.7 Å². The molecule has 1 heterocycles. The molecule has 1 aliphatic rings. The summed E-state index contributed by atoms with van der Waals surface area (Å²) in [4.78, 5) is 11.8. The van der Waals surface area contributed by atoms with Crippen molar-refractivity contribution in [3.63, 3.8) is 0 Å². The molecule has 1 aromatic rings. The fourth-order valence-corrected chi connectivity index (χ4v) is 2.45. The molecule has 19 heavy (non-hydrogen) atoms. The second kappa shape index (κ2) is 5.18. The number of phenolic OH excluding ortho intramolecular Hbond substituents is 1. The summed E-state index contributed by atoms with van der Waals surface area (Å²) < 4.78 is 22.8. The number of carbonyl (C=O) groups excluding carboxylic acids is 1. The molecule has 0 aromatic heterocycles. The molecule has 104 valence electrons. The Morgan fingerprint density at radius 2 is 2.16 bits per heavy atom. The quantitative estimate of drug-likeness (QED) is 0.693. The molecular weight excluding hydrogens is 268 g/mol. The minimum Gasteiger partial charge on any atom is -0.506 e. The number of aromatic hydroxyl groups is 1. The van der Waals surface area contributed by atoms with Crippen molar-refractivity contribution in [2.75, 3.05) is 24.7 Å². The van der Waals surface area contributed by atoms with Crippen molar-refractivity contribution in [3.05, 3.63) is 18.2 Å². The van der Waals surface area contributed by atoms with Gasteiger partial charge in [-0.2, -0.15) is 0 Å². The van der Waals surface area contributed by atoms with Gasteiger partial charge in [0.15, 0.2) is 9.84 Å². The summed E-state index contributed by atoms with van der Waals surface area (Å²) in [5, 5.41) is 15.2. The SMILES string of the molecule is CS(=O)(=O)c1ccc(O)c(NC(=O)CC2CNC2)c1. The molecule has 0 atom stereocenters. The van der Waals surface area contributed by atoms with Gasteiger partial charge in [-0.1, -0.05) is 0 Å². The van der Waals surface area contributed by atoms with Gasteiger partial charge >= 0.3 is 0 Å². The average Bonchev–Trinajstić information content (AvgIpc) is 2.25. The van der Waals surface area contributed by atoms with Crippen LogP contribution < -0.4 is 10.6 Å². The molecule has 7 heteroatoms. The van der Waals surface area contributed by atoms with Gasteiger partial charge in [0.05, 0.1) is 10.6 Å². The van der Waals surface area contributed by atoms with E-state index in [4.69, 9.17) is 0 Å². The van der Waals surface area contributed by atoms with Crippen LogP contribution in [0.3, 0.4) is 0 Å². The number of phenols is 1. The monoisotopic (exact) mass is 284 g/mol. The third kappa shape index (κ3) is 3.45. The molecular formula is C12H16N2O4S. The van der Waals surface area contributed by atoms with Crippen molar-refractivity contribution >= 4 is 21.4 Å². The summed E-state index contributed by atoms with van der Waals surface area (Å²) in [5.41, 5.74) is 0.125. The van der Waals surface area contributed by atoms with Crippen LogP contribution in [-0.4, -0.2) is 38.8 Å². The second-order valence-corrected chi connectivity index (χ2v) is 6.74. The Morgan fingerprint density at radius 3 is 2.68 bits per heavy atom. The number of carbonyl (C=O) groups is 1. The maximum Gasteiger partial charge on any atom is 0.224 e. The lowest BCUT2D eigenvalue weighted by atomic mass is 9.99. The summed E-state index contributed by atoms with van der Waals surface area (Å²) in [6.45, 7) is 1.62. The number of nitrogens with one attached hydrogen (secondary N) is 2. The van der Waals surface area contributed by atoms with Crippen LogP contribution in [0.1, 0.15) is 6.42 Å². The number of amides is 1. The van der Waals surface area contributed by atoms with Crippen molar-refractivity contribution in [1.82, 2.24) is 5.32 Å². The molecule has 1 aromatic carbocycles. The van der Waals surface area contributed by atoms with Crippen molar-refractivity contribution in [2.45, 2.75) is 11.3 Å². The average molecular weight is 284 g/mol. The van der Waals surface area contributed by atoms with E-state index in [1.807, 2.05) is 0 Å². The Hall–Kier alpha value is -1.60. The predicted molar refractivity (Wildman–Crippen MR) is 70.8 cm³/mol. The molecule has 2 rings (SSSR count). The first-order valence-electron chi connectivity index (χ1n) is 5.90. The van der Waals surface area contributed by atoms with Gasteiger partial charge in [-0.05, 0) is 37.2 Å². The minimum absolute atomic E-state index is 0.0610. The molecule has 0 radical (unpaired) electrons. The first kappa shape index (κ1) is 13.8. The van der Waals surface area contributed by atoms with E-state index < -0.39 is 9.84 Å². The summed E-state index contributed by atoms with van der Waals surface area (Å²) in [6, 6.07) is 3.83. The van der Waals surface area contributed by atoms with Crippen molar-refractivity contribution in [2.24, 2.45) is 5.92 Å². The third-order valence-corrected chi connectivity index (χ3v) is 4.12. The van der Waals surface area contributed by atoms with Crippen molar-refractivity contribution in [3.8, 4) is 5.75 Å². The van der Waals surface area contributed by atoms with Crippen LogP contribution >= 0.6 is 0 Å². The topological polar surface area (TPSA) is 95.5 Å². The number of sulfone groups is 1. The Balaban J connectivity index is 2.12. The highest BCUT2D eigenvalue weighted by Gasteiger charge is 2.21. The van der Waals surface area contributed by atoms with E-state index in [1.54, 1.807) is 0 Å². The minimum atomic E-state index is -3.37. The number of hydrogen-bond donors (Lipinski definition) is 3. The Morgan fingerprint density at radius 1 is 1.47 bits per heavy atom. The van der Waals surface area contributed by atoms with Crippen molar-refractivity contribution < 1.29 is 18.3 Å². The number of rotatable bonds is 4. The highest BCUT2D eigenvalue weighted by Crippen LogP contribution is 2.26. The molecule has 1 saturated heterocycles. The lowest BCUT2D eigenvalue weighted by Gasteiger charge is -2.26. The third-order valence-electron chi connectivity index (χ3n) is 3.01. The number of hydrogen-bond acceptors (Lipinski definition) is 5. The first-order chi connectivity index (χ1) is 8.86. The first-order valence-corrected chi connectivity index (χ1v) is 7.79. The Bertz CT molecular complexity index is 594. The highest BCUT2D eigenvalue weighted by atomic mass is 32.2. The van der Waals surface area contributed by atoms with Crippen LogP contribution in [0.4, 0.5) is 5.69 Å². The predicted octanol–water partition coefficient (Wildman–Crippen LogP) is 0.344. The number of anilines is 1. The fourth-order valence-electron chi connectivity index (χ4n) is 1.80. The van der Waals surface area contributed by atoms with Gasteiger partial charge in [-0.15, -0.1) is 0 Å². The summed E-state index contributed by atoms with van der Waals surface area (Å²) in [6.07, 6.45) is 1.43. The van der Waals surface area contributed by atoms with E-state index >= 15 is 0 Å². The molecule has 1 aliphatic heterocycles. The molecule has 3 N–H and O–H groups in total. The van der Waals surface area contributed by atoms with Gasteiger partial charge in [-0.3, -0.25) is 4.79 Å². The van der Waals surface area contributed by atoms with E-state index in [9.17, 15) is 18.3 Å². The standard InChI is InChI=1S/C12H16N2O4S/c1-19(17,18)9-2-3-11(15)10(5-9)14-12(16)4-8-6-13-7-8/h2-3,5,8,13,15H,4,6-7H2,1H3,(H,14,16). The second-order valence-electron chi connectivity index (χ2n) is 4.73. The van der Waals surface area contributed by atoms with Gasteiger partial charge in [-0.25, -0.2) is 8.42 Å². The molecule has 0 aliphatic carbocycles. The molecule has 0 unspecified atom stereocenters. The maximum absolute atomic E-state index is 11.7. The molecule has 0 bridgehead atoms. The van der Waals surface area contributed by atoms with Crippen LogP contribution in [0.5, 0.6) is 5.75 Å². The van der Waals surface area contributed by atoms with Crippen LogP contribution in [0.2, 0.25) is 0 Å². The highest BCUT2D eigenvalue weighted by molar-refractivity contribution is 7.90. The zero-order chi connectivity index (χ0) is 14.0. The summed E-state index contributed by atoms with van der Waals surface area (Å²) >= 11 is 0. The van der Waals surface area contributed by atoms with Gasteiger partial charge in [0.2, 0.25) is 5.91 Å². The van der Waals surface area contributed by atoms with Crippen molar-refractivity contribution in [1.29, 1.82) is 0 Å². The molecule has 1 fully saturated rings. The van der Waals surface area contributed by atoms with Gasteiger partial charge in [0.25, 0.3) is 0 Å². The lowest BCUT2D eigenvalue weighted by molar-refractivity contribution is -0.117. The van der Waals surface area contributed by atoms with E-state index in [1.165, 1.54) is 18.2 Å². The molecule has 1 amide bonds. The smallest absolute Gasteiger partial charge is 0.224 e. The maximum atomic E-state index is 11.7. The van der Waals surface area contributed by atoms with Gasteiger partial charge < -0.3 is 15.7 Å². The van der Waals surface area contributed by atoms with Crippen LogP contribution in [-0.2, 0) is 14.6 Å². The lowest BCUT2D eigenvalue weighted by Crippen LogP contribution is -2.43. The van der Waals surface area contributed by atoms with E-state index in [0.29, 0.717) is 12.3 Å². The zero-order valence-corrected chi connectivity index (χ0v) is 11.3. The summed E-state index contributed by atoms with van der Waals surface area (Å²) in [5.74, 6) is -0.0693. The summed E-state index contributed by atoms with van der Waals surface area (Å²) in [7, 11) is -3.37. The van der Waals surface area contributed by atoms with Crippen LogP contribution in [0, 0.1) is 5.92 Å². The van der Waals surface area contributed by atoms with E-state index in [-0.39, 0.29) is 22.2 Å². The Labute approximate surface area is 111 Å². The molecule has 0 saturated carbocycles. The largest absolute Gasteiger partial charge is 0.506 e. The fraction of sp³-hybridized carbons (Fsp3) is 0.417.